The fourth-order valence-electron chi connectivity index (χ4n) is 1.01. The average molecular weight is 281 g/mol. The monoisotopic (exact) mass is 280 g/mol. The summed E-state index contributed by atoms with van der Waals surface area (Å²) >= 11 is 3.15. The third kappa shape index (κ3) is 3.68. The highest BCUT2D eigenvalue weighted by Gasteiger charge is 2.32. The molecule has 0 aliphatic rings. The molecule has 0 radical (unpaired) electrons. The SMILES string of the molecule is OC/C(=C\c1cccc(Br)c1)C(F)(F)F. The zero-order valence-corrected chi connectivity index (χ0v) is 9.14. The van der Waals surface area contributed by atoms with Crippen LogP contribution < -0.4 is 0 Å². The van der Waals surface area contributed by atoms with Crippen LogP contribution in [0.4, 0.5) is 13.2 Å². The maximum Gasteiger partial charge on any atom is 0.414 e. The standard InChI is InChI=1S/C10H8BrF3O/c11-9-3-1-2-7(5-9)4-8(6-15)10(12,13)14/h1-5,15H,6H2/b8-4+. The molecule has 0 bridgehead atoms. The van der Waals surface area contributed by atoms with Crippen molar-refractivity contribution in [3.63, 3.8) is 0 Å². The fraction of sp³-hybridized carbons (Fsp3) is 0.200. The van der Waals surface area contributed by atoms with Crippen LogP contribution in [0.1, 0.15) is 5.56 Å². The number of halogens is 4. The van der Waals surface area contributed by atoms with Crippen LogP contribution in [0.15, 0.2) is 34.3 Å². The first-order valence-corrected chi connectivity index (χ1v) is 4.87. The fourth-order valence-corrected chi connectivity index (χ4v) is 1.43. The maximum atomic E-state index is 12.3. The Morgan fingerprint density at radius 2 is 2.07 bits per heavy atom. The van der Waals surface area contributed by atoms with Crippen LogP contribution in [0.25, 0.3) is 6.08 Å². The minimum absolute atomic E-state index is 0.394. The predicted molar refractivity (Wildman–Crippen MR) is 55.3 cm³/mol. The second-order valence-electron chi connectivity index (χ2n) is 2.88. The second kappa shape index (κ2) is 4.81. The Morgan fingerprint density at radius 1 is 1.40 bits per heavy atom. The number of hydrogen-bond acceptors (Lipinski definition) is 1. The Morgan fingerprint density at radius 3 is 2.53 bits per heavy atom. The summed E-state index contributed by atoms with van der Waals surface area (Å²) in [5, 5.41) is 8.59. The molecule has 5 heteroatoms. The van der Waals surface area contributed by atoms with Gasteiger partial charge in [-0.1, -0.05) is 28.1 Å². The third-order valence-electron chi connectivity index (χ3n) is 1.72. The highest BCUT2D eigenvalue weighted by molar-refractivity contribution is 9.10. The first kappa shape index (κ1) is 12.3. The van der Waals surface area contributed by atoms with Crippen LogP contribution in [0, 0.1) is 0 Å². The molecule has 0 unspecified atom stereocenters. The van der Waals surface area contributed by atoms with Crippen LogP contribution in [0.5, 0.6) is 0 Å². The molecule has 1 aromatic rings. The molecule has 0 atom stereocenters. The van der Waals surface area contributed by atoms with E-state index in [1.54, 1.807) is 18.2 Å². The third-order valence-corrected chi connectivity index (χ3v) is 2.22. The lowest BCUT2D eigenvalue weighted by atomic mass is 10.1. The van der Waals surface area contributed by atoms with Gasteiger partial charge < -0.3 is 5.11 Å². The van der Waals surface area contributed by atoms with E-state index in [1.807, 2.05) is 0 Å². The summed E-state index contributed by atoms with van der Waals surface area (Å²) in [5.41, 5.74) is -0.564. The van der Waals surface area contributed by atoms with Gasteiger partial charge in [-0.2, -0.15) is 13.2 Å². The summed E-state index contributed by atoms with van der Waals surface area (Å²) < 4.78 is 37.5. The van der Waals surface area contributed by atoms with Crippen molar-refractivity contribution >= 4 is 22.0 Å². The molecule has 0 amide bonds. The lowest BCUT2D eigenvalue weighted by Crippen LogP contribution is -2.14. The molecular weight excluding hydrogens is 273 g/mol. The van der Waals surface area contributed by atoms with Gasteiger partial charge in [0, 0.05) is 4.47 Å². The van der Waals surface area contributed by atoms with E-state index in [2.05, 4.69) is 15.9 Å². The molecule has 0 aromatic heterocycles. The smallest absolute Gasteiger partial charge is 0.392 e. The van der Waals surface area contributed by atoms with Gasteiger partial charge in [-0.05, 0) is 23.8 Å². The number of hydrogen-bond donors (Lipinski definition) is 1. The van der Waals surface area contributed by atoms with Crippen LogP contribution in [-0.4, -0.2) is 17.9 Å². The molecule has 0 aliphatic heterocycles. The quantitative estimate of drug-likeness (QED) is 0.881. The molecule has 1 rings (SSSR count). The zero-order chi connectivity index (χ0) is 11.5. The first-order chi connectivity index (χ1) is 6.93. The van der Waals surface area contributed by atoms with Crippen LogP contribution in [0.2, 0.25) is 0 Å². The van der Waals surface area contributed by atoms with E-state index in [1.165, 1.54) is 6.07 Å². The number of benzene rings is 1. The number of aliphatic hydroxyl groups is 1. The highest BCUT2D eigenvalue weighted by Crippen LogP contribution is 2.27. The Kier molecular flexibility index (Phi) is 3.93. The molecule has 0 aliphatic carbocycles. The minimum atomic E-state index is -4.49. The van der Waals surface area contributed by atoms with E-state index in [-0.39, 0.29) is 0 Å². The summed E-state index contributed by atoms with van der Waals surface area (Å²) in [6.07, 6.45) is -3.57. The number of aliphatic hydroxyl groups excluding tert-OH is 1. The lowest BCUT2D eigenvalue weighted by Gasteiger charge is -2.08. The Balaban J connectivity index is 3.04. The van der Waals surface area contributed by atoms with Crippen LogP contribution >= 0.6 is 15.9 Å². The summed E-state index contributed by atoms with van der Waals surface area (Å²) in [4.78, 5) is 0. The second-order valence-corrected chi connectivity index (χ2v) is 3.80. The van der Waals surface area contributed by atoms with Gasteiger partial charge in [0.15, 0.2) is 0 Å². The minimum Gasteiger partial charge on any atom is -0.392 e. The van der Waals surface area contributed by atoms with E-state index >= 15 is 0 Å². The van der Waals surface area contributed by atoms with Crippen molar-refractivity contribution in [2.24, 2.45) is 0 Å². The van der Waals surface area contributed by atoms with E-state index in [0.29, 0.717) is 10.0 Å². The Hall–Kier alpha value is -0.810. The normalized spacial score (nSPS) is 13.0. The van der Waals surface area contributed by atoms with Gasteiger partial charge in [0.25, 0.3) is 0 Å². The van der Waals surface area contributed by atoms with Gasteiger partial charge in [-0.15, -0.1) is 0 Å². The molecular formula is C10H8BrF3O. The molecule has 15 heavy (non-hydrogen) atoms. The van der Waals surface area contributed by atoms with Crippen molar-refractivity contribution in [1.29, 1.82) is 0 Å². The van der Waals surface area contributed by atoms with Gasteiger partial charge in [-0.3, -0.25) is 0 Å². The van der Waals surface area contributed by atoms with Gasteiger partial charge >= 0.3 is 6.18 Å². The zero-order valence-electron chi connectivity index (χ0n) is 7.55. The lowest BCUT2D eigenvalue weighted by molar-refractivity contribution is -0.0964. The number of rotatable bonds is 2. The predicted octanol–water partition coefficient (Wildman–Crippen LogP) is 3.39. The average Bonchev–Trinajstić information content (AvgIpc) is 2.12. The molecule has 1 aromatic carbocycles. The van der Waals surface area contributed by atoms with E-state index in [9.17, 15) is 13.2 Å². The Labute approximate surface area is 93.4 Å². The van der Waals surface area contributed by atoms with Crippen molar-refractivity contribution in [2.75, 3.05) is 6.61 Å². The molecule has 0 spiro atoms. The molecule has 1 nitrogen and oxygen atoms in total. The van der Waals surface area contributed by atoms with Crippen molar-refractivity contribution in [3.05, 3.63) is 39.9 Å². The molecule has 82 valence electrons. The summed E-state index contributed by atoms with van der Waals surface area (Å²) in [5.74, 6) is 0. The summed E-state index contributed by atoms with van der Waals surface area (Å²) in [7, 11) is 0. The topological polar surface area (TPSA) is 20.2 Å². The summed E-state index contributed by atoms with van der Waals surface area (Å²) in [6, 6.07) is 6.42. The van der Waals surface area contributed by atoms with Gasteiger partial charge in [-0.25, -0.2) is 0 Å². The van der Waals surface area contributed by atoms with Crippen molar-refractivity contribution in [3.8, 4) is 0 Å². The Bertz CT molecular complexity index is 371. The van der Waals surface area contributed by atoms with E-state index in [4.69, 9.17) is 5.11 Å². The molecule has 0 fully saturated rings. The van der Waals surface area contributed by atoms with Crippen molar-refractivity contribution < 1.29 is 18.3 Å². The summed E-state index contributed by atoms with van der Waals surface area (Å²) in [6.45, 7) is -1.02. The van der Waals surface area contributed by atoms with Crippen molar-refractivity contribution in [2.45, 2.75) is 6.18 Å². The van der Waals surface area contributed by atoms with Crippen LogP contribution in [-0.2, 0) is 0 Å². The van der Waals surface area contributed by atoms with Crippen molar-refractivity contribution in [1.82, 2.24) is 0 Å². The number of alkyl halides is 3. The molecule has 1 N–H and O–H groups in total. The van der Waals surface area contributed by atoms with E-state index in [0.717, 1.165) is 6.08 Å². The van der Waals surface area contributed by atoms with Gasteiger partial charge in [0.1, 0.15) is 0 Å². The van der Waals surface area contributed by atoms with Gasteiger partial charge in [0.2, 0.25) is 0 Å². The molecule has 0 heterocycles. The molecule has 0 saturated heterocycles. The van der Waals surface area contributed by atoms with E-state index < -0.39 is 18.4 Å². The van der Waals surface area contributed by atoms with Gasteiger partial charge in [0.05, 0.1) is 12.2 Å². The largest absolute Gasteiger partial charge is 0.414 e. The van der Waals surface area contributed by atoms with Crippen LogP contribution in [0.3, 0.4) is 0 Å². The first-order valence-electron chi connectivity index (χ1n) is 4.07. The maximum absolute atomic E-state index is 12.3. The highest BCUT2D eigenvalue weighted by atomic mass is 79.9. The molecule has 0 saturated carbocycles.